The van der Waals surface area contributed by atoms with Gasteiger partial charge >= 0.3 is 0 Å². The van der Waals surface area contributed by atoms with Gasteiger partial charge in [0, 0.05) is 4.70 Å². The maximum Gasteiger partial charge on any atom is 0.285 e. The second-order valence-electron chi connectivity index (χ2n) is 4.76. The zero-order valence-electron chi connectivity index (χ0n) is 11.6. The fraction of sp³-hybridized carbons (Fsp3) is 0.118. The third-order valence-corrected chi connectivity index (χ3v) is 4.57. The highest BCUT2D eigenvalue weighted by molar-refractivity contribution is 7.21. The van der Waals surface area contributed by atoms with E-state index in [9.17, 15) is 4.79 Å². The van der Waals surface area contributed by atoms with Gasteiger partial charge in [0.05, 0.1) is 11.5 Å². The summed E-state index contributed by atoms with van der Waals surface area (Å²) in [6.45, 7) is 2.32. The number of carbonyl (C=O) groups is 1. The van der Waals surface area contributed by atoms with Crippen molar-refractivity contribution >= 4 is 27.3 Å². The van der Waals surface area contributed by atoms with E-state index in [4.69, 9.17) is 4.84 Å². The van der Waals surface area contributed by atoms with E-state index in [1.807, 2.05) is 61.5 Å². The van der Waals surface area contributed by atoms with Crippen molar-refractivity contribution in [1.29, 1.82) is 0 Å². The molecule has 3 nitrogen and oxygen atoms in total. The Morgan fingerprint density at radius 3 is 2.57 bits per heavy atom. The van der Waals surface area contributed by atoms with Crippen molar-refractivity contribution in [3.63, 3.8) is 0 Å². The SMILES string of the molecule is Cc1c(C(=O)NOCc2ccccc2)sc2ccccc12. The molecule has 0 atom stereocenters. The number of aryl methyl sites for hydroxylation is 1. The Bertz CT molecular complexity index is 765. The molecule has 1 aromatic heterocycles. The predicted octanol–water partition coefficient (Wildman–Crippen LogP) is 4.07. The van der Waals surface area contributed by atoms with Crippen LogP contribution < -0.4 is 5.48 Å². The van der Waals surface area contributed by atoms with Crippen LogP contribution in [0.4, 0.5) is 0 Å². The van der Waals surface area contributed by atoms with Crippen LogP contribution in [0.15, 0.2) is 54.6 Å². The molecule has 106 valence electrons. The van der Waals surface area contributed by atoms with Crippen LogP contribution in [0.1, 0.15) is 20.8 Å². The summed E-state index contributed by atoms with van der Waals surface area (Å²) in [4.78, 5) is 18.2. The van der Waals surface area contributed by atoms with Crippen molar-refractivity contribution in [1.82, 2.24) is 5.48 Å². The molecule has 1 N–H and O–H groups in total. The summed E-state index contributed by atoms with van der Waals surface area (Å²) in [6.07, 6.45) is 0. The van der Waals surface area contributed by atoms with Gasteiger partial charge in [0.2, 0.25) is 0 Å². The number of fused-ring (bicyclic) bond motifs is 1. The van der Waals surface area contributed by atoms with Gasteiger partial charge in [0.25, 0.3) is 5.91 Å². The minimum atomic E-state index is -0.190. The standard InChI is InChI=1S/C17H15NO2S/c1-12-14-9-5-6-10-15(14)21-16(12)17(19)18-20-11-13-7-3-2-4-8-13/h2-10H,11H2,1H3,(H,18,19). The first-order valence-electron chi connectivity index (χ1n) is 6.70. The van der Waals surface area contributed by atoms with Crippen LogP contribution in [0.3, 0.4) is 0 Å². The average molecular weight is 297 g/mol. The molecular formula is C17H15NO2S. The Morgan fingerprint density at radius 1 is 1.10 bits per heavy atom. The van der Waals surface area contributed by atoms with Gasteiger partial charge in [-0.1, -0.05) is 48.5 Å². The van der Waals surface area contributed by atoms with Crippen LogP contribution in [0.5, 0.6) is 0 Å². The maximum absolute atomic E-state index is 12.2. The van der Waals surface area contributed by atoms with E-state index >= 15 is 0 Å². The largest absolute Gasteiger partial charge is 0.285 e. The number of benzene rings is 2. The molecule has 0 unspecified atom stereocenters. The van der Waals surface area contributed by atoms with E-state index < -0.39 is 0 Å². The summed E-state index contributed by atoms with van der Waals surface area (Å²) in [6, 6.07) is 17.8. The smallest absolute Gasteiger partial charge is 0.269 e. The molecule has 0 aliphatic heterocycles. The molecule has 3 aromatic rings. The summed E-state index contributed by atoms with van der Waals surface area (Å²) >= 11 is 1.49. The van der Waals surface area contributed by atoms with E-state index in [0.717, 1.165) is 21.2 Å². The zero-order valence-corrected chi connectivity index (χ0v) is 12.4. The van der Waals surface area contributed by atoms with Gasteiger partial charge in [0.1, 0.15) is 0 Å². The molecule has 0 fully saturated rings. The number of hydrogen-bond acceptors (Lipinski definition) is 3. The Hall–Kier alpha value is -2.17. The molecule has 0 aliphatic rings. The molecule has 0 bridgehead atoms. The van der Waals surface area contributed by atoms with Crippen molar-refractivity contribution in [2.75, 3.05) is 0 Å². The van der Waals surface area contributed by atoms with Gasteiger partial charge in [-0.25, -0.2) is 5.48 Å². The number of hydroxylamine groups is 1. The minimum Gasteiger partial charge on any atom is -0.269 e. The molecule has 0 spiro atoms. The highest BCUT2D eigenvalue weighted by atomic mass is 32.1. The first-order valence-corrected chi connectivity index (χ1v) is 7.51. The summed E-state index contributed by atoms with van der Waals surface area (Å²) in [7, 11) is 0. The van der Waals surface area contributed by atoms with Gasteiger partial charge < -0.3 is 0 Å². The van der Waals surface area contributed by atoms with Crippen molar-refractivity contribution in [3.8, 4) is 0 Å². The molecule has 3 rings (SSSR count). The van der Waals surface area contributed by atoms with Crippen LogP contribution in [0.25, 0.3) is 10.1 Å². The number of thiophene rings is 1. The van der Waals surface area contributed by atoms with Crippen LogP contribution in [-0.4, -0.2) is 5.91 Å². The molecule has 2 aromatic carbocycles. The van der Waals surface area contributed by atoms with Gasteiger partial charge in [-0.2, -0.15) is 0 Å². The Labute approximate surface area is 127 Å². The highest BCUT2D eigenvalue weighted by Gasteiger charge is 2.15. The molecule has 21 heavy (non-hydrogen) atoms. The molecular weight excluding hydrogens is 282 g/mol. The first kappa shape index (κ1) is 13.8. The van der Waals surface area contributed by atoms with Gasteiger partial charge in [0.15, 0.2) is 0 Å². The fourth-order valence-corrected chi connectivity index (χ4v) is 3.29. The number of nitrogens with one attached hydrogen (secondary N) is 1. The van der Waals surface area contributed by atoms with Gasteiger partial charge in [-0.3, -0.25) is 9.63 Å². The normalized spacial score (nSPS) is 10.7. The lowest BCUT2D eigenvalue weighted by molar-refractivity contribution is 0.0236. The third-order valence-electron chi connectivity index (χ3n) is 3.30. The lowest BCUT2D eigenvalue weighted by Crippen LogP contribution is -2.23. The fourth-order valence-electron chi connectivity index (χ4n) is 2.20. The topological polar surface area (TPSA) is 38.3 Å². The number of rotatable bonds is 4. The van der Waals surface area contributed by atoms with E-state index in [0.29, 0.717) is 11.5 Å². The summed E-state index contributed by atoms with van der Waals surface area (Å²) < 4.78 is 1.11. The monoisotopic (exact) mass is 297 g/mol. The molecule has 0 saturated heterocycles. The number of hydrogen-bond donors (Lipinski definition) is 1. The van der Waals surface area contributed by atoms with Gasteiger partial charge in [-0.15, -0.1) is 11.3 Å². The third kappa shape index (κ3) is 2.96. The molecule has 1 heterocycles. The van der Waals surface area contributed by atoms with E-state index in [2.05, 4.69) is 5.48 Å². The predicted molar refractivity (Wildman–Crippen MR) is 85.3 cm³/mol. The van der Waals surface area contributed by atoms with E-state index in [-0.39, 0.29) is 5.91 Å². The van der Waals surface area contributed by atoms with E-state index in [1.54, 1.807) is 0 Å². The van der Waals surface area contributed by atoms with Gasteiger partial charge in [-0.05, 0) is 29.5 Å². The van der Waals surface area contributed by atoms with Crippen molar-refractivity contribution < 1.29 is 9.63 Å². The van der Waals surface area contributed by atoms with Crippen molar-refractivity contribution in [3.05, 3.63) is 70.6 Å². The minimum absolute atomic E-state index is 0.190. The van der Waals surface area contributed by atoms with Crippen LogP contribution >= 0.6 is 11.3 Å². The number of carbonyl (C=O) groups excluding carboxylic acids is 1. The molecule has 0 saturated carbocycles. The first-order chi connectivity index (χ1) is 10.3. The van der Waals surface area contributed by atoms with Crippen LogP contribution in [0.2, 0.25) is 0 Å². The van der Waals surface area contributed by atoms with Crippen LogP contribution in [0, 0.1) is 6.92 Å². The summed E-state index contributed by atoms with van der Waals surface area (Å²) in [5.74, 6) is -0.190. The second kappa shape index (κ2) is 6.08. The maximum atomic E-state index is 12.2. The highest BCUT2D eigenvalue weighted by Crippen LogP contribution is 2.30. The lowest BCUT2D eigenvalue weighted by Gasteiger charge is -2.05. The number of amides is 1. The summed E-state index contributed by atoms with van der Waals surface area (Å²) in [5, 5.41) is 1.12. The lowest BCUT2D eigenvalue weighted by atomic mass is 10.1. The zero-order chi connectivity index (χ0) is 14.7. The molecule has 0 radical (unpaired) electrons. The molecule has 4 heteroatoms. The quantitative estimate of drug-likeness (QED) is 0.737. The molecule has 1 amide bonds. The summed E-state index contributed by atoms with van der Waals surface area (Å²) in [5.41, 5.74) is 4.54. The van der Waals surface area contributed by atoms with Crippen molar-refractivity contribution in [2.24, 2.45) is 0 Å². The molecule has 0 aliphatic carbocycles. The Balaban J connectivity index is 1.68. The van der Waals surface area contributed by atoms with E-state index in [1.165, 1.54) is 11.3 Å². The Morgan fingerprint density at radius 2 is 1.81 bits per heavy atom. The Kier molecular flexibility index (Phi) is 3.99. The van der Waals surface area contributed by atoms with Crippen LogP contribution in [-0.2, 0) is 11.4 Å². The second-order valence-corrected chi connectivity index (χ2v) is 5.81. The average Bonchev–Trinajstić information content (AvgIpc) is 2.86. The van der Waals surface area contributed by atoms with Crippen molar-refractivity contribution in [2.45, 2.75) is 13.5 Å².